The summed E-state index contributed by atoms with van der Waals surface area (Å²) in [5, 5.41) is 8.63. The fraction of sp³-hybridized carbons (Fsp3) is 0.588. The van der Waals surface area contributed by atoms with Crippen LogP contribution in [0.5, 0.6) is 0 Å². The standard InChI is InChI=1S/C17H25N9.HI/c18-16(21-13-15-23-22-14-5-2-1-3-8-26(14)15)24-9-11-25(12-10-24)17-19-6-4-7-20-17;/h4,6-7H,1-3,5,8-13H2,(H2,18,21);1H. The Labute approximate surface area is 176 Å². The number of aliphatic imine (C=N–C) groups is 1. The average Bonchev–Trinajstić information content (AvgIpc) is 2.93. The van der Waals surface area contributed by atoms with Gasteiger partial charge in [0.1, 0.15) is 12.4 Å². The zero-order valence-corrected chi connectivity index (χ0v) is 17.7. The largest absolute Gasteiger partial charge is 0.370 e. The number of piperazine rings is 1. The van der Waals surface area contributed by atoms with Crippen LogP contribution in [-0.2, 0) is 19.5 Å². The van der Waals surface area contributed by atoms with Gasteiger partial charge in [0.05, 0.1) is 0 Å². The summed E-state index contributed by atoms with van der Waals surface area (Å²) in [6.45, 7) is 4.77. The summed E-state index contributed by atoms with van der Waals surface area (Å²) in [7, 11) is 0. The number of halogens is 1. The van der Waals surface area contributed by atoms with Gasteiger partial charge < -0.3 is 20.1 Å². The third-order valence-corrected chi connectivity index (χ3v) is 5.01. The quantitative estimate of drug-likeness (QED) is 0.396. The SMILES string of the molecule is I.NC(=NCc1nnc2n1CCCCC2)N1CCN(c2ncccn2)CC1. The highest BCUT2D eigenvalue weighted by molar-refractivity contribution is 14.0. The van der Waals surface area contributed by atoms with Gasteiger partial charge in [-0.25, -0.2) is 15.0 Å². The van der Waals surface area contributed by atoms with E-state index in [1.54, 1.807) is 12.4 Å². The van der Waals surface area contributed by atoms with Crippen LogP contribution in [-0.4, -0.2) is 61.8 Å². The number of guanidine groups is 1. The summed E-state index contributed by atoms with van der Waals surface area (Å²) < 4.78 is 2.22. The first-order chi connectivity index (χ1) is 12.8. The van der Waals surface area contributed by atoms with E-state index in [9.17, 15) is 0 Å². The second-order valence-electron chi connectivity index (χ2n) is 6.69. The minimum atomic E-state index is 0. The number of hydrogen-bond donors (Lipinski definition) is 1. The van der Waals surface area contributed by atoms with Crippen LogP contribution < -0.4 is 10.6 Å². The lowest BCUT2D eigenvalue weighted by Gasteiger charge is -2.35. The molecule has 2 aromatic heterocycles. The first-order valence-electron chi connectivity index (χ1n) is 9.29. The van der Waals surface area contributed by atoms with Crippen LogP contribution in [0.4, 0.5) is 5.95 Å². The van der Waals surface area contributed by atoms with Crippen molar-refractivity contribution in [3.63, 3.8) is 0 Å². The van der Waals surface area contributed by atoms with Crippen LogP contribution in [0.15, 0.2) is 23.5 Å². The first-order valence-corrected chi connectivity index (χ1v) is 9.29. The predicted molar refractivity (Wildman–Crippen MR) is 114 cm³/mol. The third-order valence-electron chi connectivity index (χ3n) is 5.01. The van der Waals surface area contributed by atoms with Gasteiger partial charge in [-0.3, -0.25) is 0 Å². The molecule has 0 atom stereocenters. The van der Waals surface area contributed by atoms with Gasteiger partial charge in [0.25, 0.3) is 0 Å². The highest BCUT2D eigenvalue weighted by Gasteiger charge is 2.20. The molecular formula is C17H26IN9. The lowest BCUT2D eigenvalue weighted by atomic mass is 10.2. The Hall–Kier alpha value is -1.98. The molecule has 0 saturated carbocycles. The molecule has 2 aromatic rings. The first kappa shape index (κ1) is 19.8. The second kappa shape index (κ2) is 9.29. The molecule has 0 unspecified atom stereocenters. The number of nitrogens with two attached hydrogens (primary N) is 1. The third kappa shape index (κ3) is 4.66. The van der Waals surface area contributed by atoms with E-state index in [4.69, 9.17) is 5.73 Å². The van der Waals surface area contributed by atoms with E-state index in [0.717, 1.165) is 56.7 Å². The molecule has 27 heavy (non-hydrogen) atoms. The van der Waals surface area contributed by atoms with E-state index in [1.165, 1.54) is 19.3 Å². The van der Waals surface area contributed by atoms with Crippen molar-refractivity contribution in [3.8, 4) is 0 Å². The molecule has 0 bridgehead atoms. The number of aryl methyl sites for hydroxylation is 1. The van der Waals surface area contributed by atoms with Crippen molar-refractivity contribution in [2.75, 3.05) is 31.1 Å². The minimum Gasteiger partial charge on any atom is -0.370 e. The molecule has 4 heterocycles. The van der Waals surface area contributed by atoms with Crippen molar-refractivity contribution < 1.29 is 0 Å². The molecule has 0 radical (unpaired) electrons. The van der Waals surface area contributed by atoms with Crippen molar-refractivity contribution >= 4 is 35.9 Å². The van der Waals surface area contributed by atoms with Crippen LogP contribution in [0, 0.1) is 0 Å². The van der Waals surface area contributed by atoms with Gasteiger partial charge in [0.15, 0.2) is 11.8 Å². The van der Waals surface area contributed by atoms with Crippen molar-refractivity contribution in [2.24, 2.45) is 10.7 Å². The molecule has 4 rings (SSSR count). The Morgan fingerprint density at radius 3 is 2.56 bits per heavy atom. The molecule has 2 aliphatic rings. The van der Waals surface area contributed by atoms with Crippen molar-refractivity contribution in [1.82, 2.24) is 29.6 Å². The molecular weight excluding hydrogens is 457 g/mol. The fourth-order valence-corrected chi connectivity index (χ4v) is 3.50. The minimum absolute atomic E-state index is 0. The maximum absolute atomic E-state index is 6.22. The zero-order chi connectivity index (χ0) is 17.8. The van der Waals surface area contributed by atoms with Gasteiger partial charge in [0.2, 0.25) is 5.95 Å². The van der Waals surface area contributed by atoms with Gasteiger partial charge in [-0.15, -0.1) is 34.2 Å². The van der Waals surface area contributed by atoms with E-state index < -0.39 is 0 Å². The molecule has 1 fully saturated rings. The van der Waals surface area contributed by atoms with E-state index in [-0.39, 0.29) is 24.0 Å². The molecule has 1 saturated heterocycles. The summed E-state index contributed by atoms with van der Waals surface area (Å²) in [5.41, 5.74) is 6.22. The maximum atomic E-state index is 6.22. The fourth-order valence-electron chi connectivity index (χ4n) is 3.50. The van der Waals surface area contributed by atoms with Gasteiger partial charge >= 0.3 is 0 Å². The summed E-state index contributed by atoms with van der Waals surface area (Å²) >= 11 is 0. The molecule has 2 aliphatic heterocycles. The van der Waals surface area contributed by atoms with Gasteiger partial charge in [-0.2, -0.15) is 0 Å². The number of anilines is 1. The summed E-state index contributed by atoms with van der Waals surface area (Å²) in [5.74, 6) is 3.35. The Kier molecular flexibility index (Phi) is 6.80. The Morgan fingerprint density at radius 1 is 1.00 bits per heavy atom. The number of fused-ring (bicyclic) bond motifs is 1. The van der Waals surface area contributed by atoms with Crippen LogP contribution in [0.25, 0.3) is 0 Å². The van der Waals surface area contributed by atoms with E-state index in [1.807, 2.05) is 6.07 Å². The van der Waals surface area contributed by atoms with Crippen LogP contribution in [0.1, 0.15) is 30.9 Å². The normalized spacial score (nSPS) is 17.9. The molecule has 0 amide bonds. The van der Waals surface area contributed by atoms with Crippen LogP contribution in [0.2, 0.25) is 0 Å². The Morgan fingerprint density at radius 2 is 1.78 bits per heavy atom. The van der Waals surface area contributed by atoms with E-state index >= 15 is 0 Å². The zero-order valence-electron chi connectivity index (χ0n) is 15.4. The topological polar surface area (TPSA) is 101 Å². The summed E-state index contributed by atoms with van der Waals surface area (Å²) in [4.78, 5) is 17.5. The Bertz CT molecular complexity index is 753. The number of hydrogen-bond acceptors (Lipinski definition) is 6. The molecule has 9 nitrogen and oxygen atoms in total. The molecule has 2 N–H and O–H groups in total. The van der Waals surface area contributed by atoms with Crippen molar-refractivity contribution in [3.05, 3.63) is 30.1 Å². The molecule has 0 aliphatic carbocycles. The van der Waals surface area contributed by atoms with Crippen molar-refractivity contribution in [2.45, 2.75) is 38.8 Å². The lowest BCUT2D eigenvalue weighted by Crippen LogP contribution is -2.51. The van der Waals surface area contributed by atoms with Gasteiger partial charge in [0, 0.05) is 51.5 Å². The molecule has 0 aromatic carbocycles. The molecule has 146 valence electrons. The van der Waals surface area contributed by atoms with Gasteiger partial charge in [-0.1, -0.05) is 6.42 Å². The average molecular weight is 483 g/mol. The van der Waals surface area contributed by atoms with E-state index in [2.05, 4.69) is 39.5 Å². The van der Waals surface area contributed by atoms with E-state index in [0.29, 0.717) is 12.5 Å². The van der Waals surface area contributed by atoms with Crippen LogP contribution >= 0.6 is 24.0 Å². The highest BCUT2D eigenvalue weighted by atomic mass is 127. The lowest BCUT2D eigenvalue weighted by molar-refractivity contribution is 0.378. The summed E-state index contributed by atoms with van der Waals surface area (Å²) in [6, 6.07) is 1.83. The van der Waals surface area contributed by atoms with Gasteiger partial charge in [-0.05, 0) is 18.9 Å². The monoisotopic (exact) mass is 483 g/mol. The smallest absolute Gasteiger partial charge is 0.225 e. The number of rotatable bonds is 3. The molecule has 10 heteroatoms. The highest BCUT2D eigenvalue weighted by Crippen LogP contribution is 2.15. The molecule has 0 spiro atoms. The number of aromatic nitrogens is 5. The second-order valence-corrected chi connectivity index (χ2v) is 6.69. The predicted octanol–water partition coefficient (Wildman–Crippen LogP) is 1.05. The Balaban J connectivity index is 0.00000210. The maximum Gasteiger partial charge on any atom is 0.225 e. The summed E-state index contributed by atoms with van der Waals surface area (Å²) in [6.07, 6.45) is 8.18. The van der Waals surface area contributed by atoms with Crippen molar-refractivity contribution in [1.29, 1.82) is 0 Å². The number of nitrogens with zero attached hydrogens (tertiary/aromatic N) is 8. The van der Waals surface area contributed by atoms with Crippen LogP contribution in [0.3, 0.4) is 0 Å².